The van der Waals surface area contributed by atoms with Crippen molar-refractivity contribution in [1.82, 2.24) is 20.3 Å². The summed E-state index contributed by atoms with van der Waals surface area (Å²) in [6.07, 6.45) is -2.97. The summed E-state index contributed by atoms with van der Waals surface area (Å²) in [5.74, 6) is -5.91. The fraction of sp³-hybridized carbons (Fsp3) is 0.700. The first-order valence-corrected chi connectivity index (χ1v) is 10.7. The summed E-state index contributed by atoms with van der Waals surface area (Å²) in [7, 11) is 0. The van der Waals surface area contributed by atoms with E-state index in [1.165, 1.54) is 13.0 Å². The molecule has 2 bridgehead atoms. The number of rotatable bonds is 7. The number of ether oxygens (including phenoxy) is 1. The van der Waals surface area contributed by atoms with Crippen molar-refractivity contribution < 1.29 is 51.9 Å². The first kappa shape index (κ1) is 26.5. The first-order chi connectivity index (χ1) is 16.1. The zero-order valence-electron chi connectivity index (χ0n) is 19.5. The highest BCUT2D eigenvalue weighted by Gasteiger charge is 2.50. The van der Waals surface area contributed by atoms with Gasteiger partial charge in [0.25, 0.3) is 11.8 Å². The Morgan fingerprint density at radius 2 is 1.97 bits per heavy atom. The quantitative estimate of drug-likeness (QED) is 0.389. The lowest BCUT2D eigenvalue weighted by Crippen LogP contribution is -2.51. The van der Waals surface area contributed by atoms with Crippen molar-refractivity contribution in [3.05, 3.63) is 11.6 Å². The van der Waals surface area contributed by atoms with E-state index in [2.05, 4.69) is 10.3 Å². The van der Waals surface area contributed by atoms with Crippen molar-refractivity contribution >= 4 is 24.0 Å². The molecule has 3 rings (SSSR count). The molecule has 15 heteroatoms. The number of carbonyl (C=O) groups excluding carboxylic acids is 3. The van der Waals surface area contributed by atoms with E-state index in [4.69, 9.17) is 14.7 Å². The molecule has 35 heavy (non-hydrogen) atoms. The van der Waals surface area contributed by atoms with Gasteiger partial charge in [-0.15, -0.1) is 0 Å². The number of likely N-dealkylation sites (tertiary alicyclic amines) is 1. The minimum Gasteiger partial charge on any atom is -0.477 e. The highest BCUT2D eigenvalue weighted by molar-refractivity contribution is 5.91. The number of halogens is 3. The number of alkyl halides is 3. The lowest BCUT2D eigenvalue weighted by Gasteiger charge is -2.30. The summed E-state index contributed by atoms with van der Waals surface area (Å²) in [6.45, 7) is 4.89. The number of carboxylic acid groups (broad SMARTS) is 1. The van der Waals surface area contributed by atoms with E-state index < -0.39 is 79.6 Å². The van der Waals surface area contributed by atoms with Crippen LogP contribution >= 0.6 is 0 Å². The average Bonchev–Trinajstić information content (AvgIpc) is 3.15. The van der Waals surface area contributed by atoms with Crippen LogP contribution in [0.4, 0.5) is 22.8 Å². The Kier molecular flexibility index (Phi) is 7.22. The smallest absolute Gasteiger partial charge is 0.410 e. The number of aliphatic carboxylic acids is 1. The van der Waals surface area contributed by atoms with E-state index in [9.17, 15) is 32.3 Å². The number of amides is 4. The van der Waals surface area contributed by atoms with Gasteiger partial charge in [-0.3, -0.25) is 14.5 Å². The Morgan fingerprint density at radius 1 is 1.31 bits per heavy atom. The van der Waals surface area contributed by atoms with Crippen molar-refractivity contribution in [1.29, 1.82) is 0 Å². The predicted molar refractivity (Wildman–Crippen MR) is 109 cm³/mol. The summed E-state index contributed by atoms with van der Waals surface area (Å²) in [4.78, 5) is 59.9. The Labute approximate surface area is 198 Å². The van der Waals surface area contributed by atoms with Crippen molar-refractivity contribution in [2.75, 3.05) is 19.7 Å². The standard InChI is InChI=1S/C20H27F3N4O8/c1-10-5-11-7-25(17(31)27(11)35-14(21)16(29)30)13(10)15(28)24-33-8-12-6-20(22,23)9-26(12)18(32)34-19(2,3)4/h5,11-14H,6-9H2,1-4H3,(H,24,28)(H,29,30)/t11-,12+,13+,14-/m1/s1. The zero-order valence-corrected chi connectivity index (χ0v) is 19.5. The van der Waals surface area contributed by atoms with Gasteiger partial charge in [-0.1, -0.05) is 6.08 Å². The molecule has 0 saturated carbocycles. The normalized spacial score (nSPS) is 26.5. The van der Waals surface area contributed by atoms with Crippen LogP contribution in [0.2, 0.25) is 0 Å². The van der Waals surface area contributed by atoms with Crippen LogP contribution in [0, 0.1) is 0 Å². The van der Waals surface area contributed by atoms with Crippen LogP contribution in [-0.4, -0.2) is 99.7 Å². The minimum atomic E-state index is -3.16. The van der Waals surface area contributed by atoms with Gasteiger partial charge in [-0.2, -0.15) is 5.06 Å². The number of urea groups is 1. The van der Waals surface area contributed by atoms with Crippen LogP contribution in [0.15, 0.2) is 11.6 Å². The molecule has 0 radical (unpaired) electrons. The van der Waals surface area contributed by atoms with Crippen LogP contribution in [0.25, 0.3) is 0 Å². The van der Waals surface area contributed by atoms with Gasteiger partial charge in [-0.05, 0) is 33.3 Å². The molecule has 2 fully saturated rings. The van der Waals surface area contributed by atoms with Gasteiger partial charge < -0.3 is 14.7 Å². The maximum Gasteiger partial charge on any atom is 0.410 e. The van der Waals surface area contributed by atoms with Crippen LogP contribution in [0.1, 0.15) is 34.1 Å². The van der Waals surface area contributed by atoms with Crippen molar-refractivity contribution in [3.63, 3.8) is 0 Å². The molecule has 3 aliphatic rings. The number of carboxylic acids is 1. The number of hydrogen-bond donors (Lipinski definition) is 2. The SMILES string of the molecule is CC1=C[C@@H]2CN(C(=O)N2O[C@@H](F)C(=O)O)[C@@H]1C(=O)NOC[C@@H]1CC(F)(F)CN1C(=O)OC(C)(C)C. The van der Waals surface area contributed by atoms with E-state index in [0.717, 1.165) is 9.80 Å². The van der Waals surface area contributed by atoms with Crippen molar-refractivity contribution in [2.24, 2.45) is 0 Å². The number of nitrogens with zero attached hydrogens (tertiary/aromatic N) is 3. The van der Waals surface area contributed by atoms with E-state index in [-0.39, 0.29) is 6.54 Å². The third-order valence-electron chi connectivity index (χ3n) is 5.42. The summed E-state index contributed by atoms with van der Waals surface area (Å²) in [5, 5.41) is 9.20. The monoisotopic (exact) mass is 508 g/mol. The highest BCUT2D eigenvalue weighted by atomic mass is 19.3. The van der Waals surface area contributed by atoms with Gasteiger partial charge in [0.15, 0.2) is 0 Å². The van der Waals surface area contributed by atoms with E-state index in [1.54, 1.807) is 20.8 Å². The molecule has 2 saturated heterocycles. The number of fused-ring (bicyclic) bond motifs is 2. The molecular formula is C20H27F3N4O8. The maximum atomic E-state index is 14.0. The zero-order chi connectivity index (χ0) is 26.3. The van der Waals surface area contributed by atoms with Gasteiger partial charge >= 0.3 is 24.5 Å². The molecular weight excluding hydrogens is 481 g/mol. The molecule has 4 amide bonds. The van der Waals surface area contributed by atoms with Crippen LogP contribution in [0.5, 0.6) is 0 Å². The van der Waals surface area contributed by atoms with Gasteiger partial charge in [0.2, 0.25) is 0 Å². The van der Waals surface area contributed by atoms with Gasteiger partial charge in [-0.25, -0.2) is 37.9 Å². The number of hydrogen-bond acceptors (Lipinski definition) is 7. The topological polar surface area (TPSA) is 138 Å². The number of hydroxylamine groups is 3. The van der Waals surface area contributed by atoms with Crippen LogP contribution < -0.4 is 5.48 Å². The van der Waals surface area contributed by atoms with E-state index in [0.29, 0.717) is 10.6 Å². The van der Waals surface area contributed by atoms with Gasteiger partial charge in [0.05, 0.1) is 31.8 Å². The third kappa shape index (κ3) is 5.96. The Bertz CT molecular complexity index is 925. The predicted octanol–water partition coefficient (Wildman–Crippen LogP) is 1.43. The molecule has 2 N–H and O–H groups in total. The minimum absolute atomic E-state index is 0.0815. The summed E-state index contributed by atoms with van der Waals surface area (Å²) in [5.41, 5.74) is 1.57. The number of carbonyl (C=O) groups is 4. The third-order valence-corrected chi connectivity index (χ3v) is 5.42. The van der Waals surface area contributed by atoms with Crippen LogP contribution in [-0.2, 0) is 24.0 Å². The molecule has 0 aliphatic carbocycles. The second kappa shape index (κ2) is 9.53. The second-order valence-corrected chi connectivity index (χ2v) is 9.50. The molecule has 4 atom stereocenters. The molecule has 0 aromatic heterocycles. The lowest BCUT2D eigenvalue weighted by atomic mass is 10.0. The Balaban J connectivity index is 1.60. The molecule has 3 heterocycles. The lowest BCUT2D eigenvalue weighted by molar-refractivity contribution is -0.219. The molecule has 0 aromatic carbocycles. The average molecular weight is 508 g/mol. The summed E-state index contributed by atoms with van der Waals surface area (Å²) < 4.78 is 46.6. The fourth-order valence-electron chi connectivity index (χ4n) is 4.06. The first-order valence-electron chi connectivity index (χ1n) is 10.7. The molecule has 12 nitrogen and oxygen atoms in total. The summed E-state index contributed by atoms with van der Waals surface area (Å²) >= 11 is 0. The molecule has 0 spiro atoms. The molecule has 0 aromatic rings. The molecule has 0 unspecified atom stereocenters. The van der Waals surface area contributed by atoms with Gasteiger partial charge in [0.1, 0.15) is 11.6 Å². The Hall–Kier alpha value is -3.07. The number of nitrogens with one attached hydrogen (secondary N) is 1. The fourth-order valence-corrected chi connectivity index (χ4v) is 4.06. The molecule has 3 aliphatic heterocycles. The van der Waals surface area contributed by atoms with Crippen LogP contribution in [0.3, 0.4) is 0 Å². The second-order valence-electron chi connectivity index (χ2n) is 9.50. The Morgan fingerprint density at radius 3 is 2.57 bits per heavy atom. The summed E-state index contributed by atoms with van der Waals surface area (Å²) in [6, 6.07) is -4.02. The largest absolute Gasteiger partial charge is 0.477 e. The van der Waals surface area contributed by atoms with Crippen molar-refractivity contribution in [2.45, 2.75) is 70.1 Å². The molecule has 196 valence electrons. The van der Waals surface area contributed by atoms with E-state index >= 15 is 0 Å². The maximum absolute atomic E-state index is 14.0. The highest BCUT2D eigenvalue weighted by Crippen LogP contribution is 2.33. The van der Waals surface area contributed by atoms with Gasteiger partial charge in [0, 0.05) is 6.42 Å². The van der Waals surface area contributed by atoms with E-state index in [1.807, 2.05) is 0 Å². The van der Waals surface area contributed by atoms with Crippen molar-refractivity contribution in [3.8, 4) is 0 Å².